The number of aryl methyl sites for hydroxylation is 1. The van der Waals surface area contributed by atoms with E-state index in [9.17, 15) is 4.79 Å². The van der Waals surface area contributed by atoms with Gasteiger partial charge in [0, 0.05) is 17.2 Å². The van der Waals surface area contributed by atoms with Gasteiger partial charge in [0.2, 0.25) is 0 Å². The molecular weight excluding hydrogens is 248 g/mol. The van der Waals surface area contributed by atoms with E-state index in [1.54, 1.807) is 6.07 Å². The van der Waals surface area contributed by atoms with Crippen LogP contribution in [0.15, 0.2) is 18.2 Å². The van der Waals surface area contributed by atoms with Gasteiger partial charge in [-0.15, -0.1) is 0 Å². The van der Waals surface area contributed by atoms with E-state index in [2.05, 4.69) is 37.9 Å². The quantitative estimate of drug-likeness (QED) is 0.813. The van der Waals surface area contributed by atoms with Crippen LogP contribution in [0, 0.1) is 24.2 Å². The molecule has 3 nitrogen and oxygen atoms in total. The fourth-order valence-corrected chi connectivity index (χ4v) is 1.59. The maximum Gasteiger partial charge on any atom is 0.251 e. The van der Waals surface area contributed by atoms with Gasteiger partial charge in [-0.2, -0.15) is 0 Å². The molecule has 0 aromatic heterocycles. The van der Waals surface area contributed by atoms with Gasteiger partial charge < -0.3 is 11.1 Å². The molecule has 3 heteroatoms. The van der Waals surface area contributed by atoms with Crippen LogP contribution in [-0.4, -0.2) is 18.5 Å². The summed E-state index contributed by atoms with van der Waals surface area (Å²) >= 11 is 0. The van der Waals surface area contributed by atoms with Gasteiger partial charge in [0.1, 0.15) is 0 Å². The molecule has 20 heavy (non-hydrogen) atoms. The van der Waals surface area contributed by atoms with Crippen LogP contribution in [0.2, 0.25) is 0 Å². The summed E-state index contributed by atoms with van der Waals surface area (Å²) in [4.78, 5) is 12.2. The third kappa shape index (κ3) is 4.40. The summed E-state index contributed by atoms with van der Waals surface area (Å²) in [7, 11) is 0. The Morgan fingerprint density at radius 1 is 1.40 bits per heavy atom. The van der Waals surface area contributed by atoms with E-state index in [1.165, 1.54) is 0 Å². The molecule has 1 aromatic carbocycles. The molecule has 0 heterocycles. The monoisotopic (exact) mass is 272 g/mol. The van der Waals surface area contributed by atoms with E-state index >= 15 is 0 Å². The molecule has 0 aliphatic heterocycles. The highest BCUT2D eigenvalue weighted by atomic mass is 16.1. The SMILES string of the molecule is Cc1cc(C(=O)NC(C)C(C)(C)C)ccc1C#CCN. The Labute approximate surface area is 121 Å². The summed E-state index contributed by atoms with van der Waals surface area (Å²) < 4.78 is 0. The van der Waals surface area contributed by atoms with Gasteiger partial charge in [0.15, 0.2) is 0 Å². The van der Waals surface area contributed by atoms with Crippen molar-refractivity contribution in [3.05, 3.63) is 34.9 Å². The molecule has 0 saturated carbocycles. The summed E-state index contributed by atoms with van der Waals surface area (Å²) in [5.74, 6) is 5.77. The lowest BCUT2D eigenvalue weighted by molar-refractivity contribution is 0.0910. The van der Waals surface area contributed by atoms with E-state index in [4.69, 9.17) is 5.73 Å². The highest BCUT2D eigenvalue weighted by molar-refractivity contribution is 5.94. The number of nitrogens with two attached hydrogens (primary N) is 1. The number of rotatable bonds is 2. The summed E-state index contributed by atoms with van der Waals surface area (Å²) in [5, 5.41) is 3.03. The van der Waals surface area contributed by atoms with E-state index in [0.29, 0.717) is 12.1 Å². The minimum atomic E-state index is -0.0474. The lowest BCUT2D eigenvalue weighted by Crippen LogP contribution is -2.41. The highest BCUT2D eigenvalue weighted by Crippen LogP contribution is 2.19. The second kappa shape index (κ2) is 6.58. The van der Waals surface area contributed by atoms with Crippen LogP contribution < -0.4 is 11.1 Å². The van der Waals surface area contributed by atoms with Crippen LogP contribution in [0.25, 0.3) is 0 Å². The van der Waals surface area contributed by atoms with Crippen molar-refractivity contribution >= 4 is 5.91 Å². The molecule has 0 spiro atoms. The average molecular weight is 272 g/mol. The Morgan fingerprint density at radius 2 is 2.05 bits per heavy atom. The van der Waals surface area contributed by atoms with Crippen molar-refractivity contribution in [3.63, 3.8) is 0 Å². The van der Waals surface area contributed by atoms with Crippen molar-refractivity contribution in [1.82, 2.24) is 5.32 Å². The predicted molar refractivity (Wildman–Crippen MR) is 83.5 cm³/mol. The molecule has 3 N–H and O–H groups in total. The molecule has 0 saturated heterocycles. The van der Waals surface area contributed by atoms with Gasteiger partial charge in [-0.25, -0.2) is 0 Å². The number of carbonyl (C=O) groups is 1. The Hall–Kier alpha value is -1.79. The molecule has 0 aliphatic carbocycles. The third-order valence-corrected chi connectivity index (χ3v) is 3.46. The van der Waals surface area contributed by atoms with E-state index < -0.39 is 0 Å². The fourth-order valence-electron chi connectivity index (χ4n) is 1.59. The van der Waals surface area contributed by atoms with Crippen molar-refractivity contribution in [2.75, 3.05) is 6.54 Å². The van der Waals surface area contributed by atoms with Crippen LogP contribution in [0.5, 0.6) is 0 Å². The summed E-state index contributed by atoms with van der Waals surface area (Å²) in [6.45, 7) is 10.6. The molecule has 0 radical (unpaired) electrons. The lowest BCUT2D eigenvalue weighted by atomic mass is 9.88. The first-order chi connectivity index (χ1) is 9.25. The molecule has 0 aliphatic rings. The number of benzene rings is 1. The summed E-state index contributed by atoms with van der Waals surface area (Å²) in [6.07, 6.45) is 0. The Balaban J connectivity index is 2.88. The van der Waals surface area contributed by atoms with Crippen molar-refractivity contribution in [3.8, 4) is 11.8 Å². The standard InChI is InChI=1S/C17H24N2O/c1-12-11-15(9-8-14(12)7-6-10-18)16(20)19-13(2)17(3,4)5/h8-9,11,13H,10,18H2,1-5H3,(H,19,20). The first kappa shape index (κ1) is 16.3. The molecule has 0 fully saturated rings. The smallest absolute Gasteiger partial charge is 0.251 e. The second-order valence-corrected chi connectivity index (χ2v) is 6.10. The fraction of sp³-hybridized carbons (Fsp3) is 0.471. The minimum absolute atomic E-state index is 0.0389. The molecule has 1 rings (SSSR count). The zero-order chi connectivity index (χ0) is 15.3. The Bertz CT molecular complexity index is 544. The lowest BCUT2D eigenvalue weighted by Gasteiger charge is -2.28. The third-order valence-electron chi connectivity index (χ3n) is 3.46. The molecule has 108 valence electrons. The molecule has 1 atom stereocenters. The molecule has 0 bridgehead atoms. The number of hydrogen-bond donors (Lipinski definition) is 2. The van der Waals surface area contributed by atoms with E-state index in [-0.39, 0.29) is 17.4 Å². The maximum absolute atomic E-state index is 12.2. The average Bonchev–Trinajstić information content (AvgIpc) is 2.36. The topological polar surface area (TPSA) is 55.1 Å². The maximum atomic E-state index is 12.2. The summed E-state index contributed by atoms with van der Waals surface area (Å²) in [5.41, 5.74) is 7.97. The normalized spacial score (nSPS) is 12.3. The van der Waals surface area contributed by atoms with Crippen LogP contribution in [0.3, 0.4) is 0 Å². The Kier molecular flexibility index (Phi) is 5.35. The zero-order valence-electron chi connectivity index (χ0n) is 13.0. The molecule has 1 unspecified atom stereocenters. The predicted octanol–water partition coefficient (Wildman–Crippen LogP) is 2.47. The molecule has 1 amide bonds. The van der Waals surface area contributed by atoms with E-state index in [1.807, 2.05) is 26.0 Å². The van der Waals surface area contributed by atoms with Crippen LogP contribution in [0.1, 0.15) is 49.2 Å². The van der Waals surface area contributed by atoms with Crippen LogP contribution >= 0.6 is 0 Å². The second-order valence-electron chi connectivity index (χ2n) is 6.10. The van der Waals surface area contributed by atoms with Gasteiger partial charge in [-0.05, 0) is 43.0 Å². The van der Waals surface area contributed by atoms with Gasteiger partial charge in [0.05, 0.1) is 6.54 Å². The van der Waals surface area contributed by atoms with Crippen molar-refractivity contribution in [1.29, 1.82) is 0 Å². The van der Waals surface area contributed by atoms with Gasteiger partial charge in [0.25, 0.3) is 5.91 Å². The van der Waals surface area contributed by atoms with Gasteiger partial charge in [-0.1, -0.05) is 32.6 Å². The zero-order valence-corrected chi connectivity index (χ0v) is 13.0. The Morgan fingerprint density at radius 3 is 2.55 bits per heavy atom. The van der Waals surface area contributed by atoms with Gasteiger partial charge in [-0.3, -0.25) is 4.79 Å². The number of nitrogens with one attached hydrogen (secondary N) is 1. The molecular formula is C17H24N2O. The van der Waals surface area contributed by atoms with Gasteiger partial charge >= 0.3 is 0 Å². The van der Waals surface area contributed by atoms with Crippen molar-refractivity contribution in [2.45, 2.75) is 40.7 Å². The first-order valence-corrected chi connectivity index (χ1v) is 6.86. The van der Waals surface area contributed by atoms with Crippen molar-refractivity contribution < 1.29 is 4.79 Å². The van der Waals surface area contributed by atoms with Crippen LogP contribution in [0.4, 0.5) is 0 Å². The van der Waals surface area contributed by atoms with Crippen molar-refractivity contribution in [2.24, 2.45) is 11.1 Å². The highest BCUT2D eigenvalue weighted by Gasteiger charge is 2.22. The number of amides is 1. The first-order valence-electron chi connectivity index (χ1n) is 6.86. The number of carbonyl (C=O) groups excluding carboxylic acids is 1. The largest absolute Gasteiger partial charge is 0.349 e. The van der Waals surface area contributed by atoms with Crippen LogP contribution in [-0.2, 0) is 0 Å². The summed E-state index contributed by atoms with van der Waals surface area (Å²) in [6, 6.07) is 5.64. The van der Waals surface area contributed by atoms with E-state index in [0.717, 1.165) is 11.1 Å². The number of hydrogen-bond acceptors (Lipinski definition) is 2. The minimum Gasteiger partial charge on any atom is -0.349 e. The molecule has 1 aromatic rings.